The molecule has 0 aromatic heterocycles. The van der Waals surface area contributed by atoms with E-state index in [0.717, 1.165) is 96.5 Å². The van der Waals surface area contributed by atoms with Gasteiger partial charge in [0.2, 0.25) is 0 Å². The molecule has 0 saturated carbocycles. The van der Waals surface area contributed by atoms with Crippen molar-refractivity contribution in [1.29, 1.82) is 0 Å². The second-order valence-electron chi connectivity index (χ2n) is 13.5. The lowest BCUT2D eigenvalue weighted by Gasteiger charge is -2.35. The van der Waals surface area contributed by atoms with E-state index in [-0.39, 0.29) is 42.8 Å². The summed E-state index contributed by atoms with van der Waals surface area (Å²) < 4.78 is 0. The minimum atomic E-state index is -0.367. The maximum atomic E-state index is 14.4. The third kappa shape index (κ3) is 5.28. The third-order valence-electron chi connectivity index (χ3n) is 10.6. The highest BCUT2D eigenvalue weighted by atomic mass is 16.2. The van der Waals surface area contributed by atoms with Crippen LogP contribution >= 0.6 is 0 Å². The lowest BCUT2D eigenvalue weighted by molar-refractivity contribution is 0.0514. The van der Waals surface area contributed by atoms with Gasteiger partial charge in [0.05, 0.1) is 0 Å². The van der Waals surface area contributed by atoms with Crippen LogP contribution in [0.1, 0.15) is 126 Å². The van der Waals surface area contributed by atoms with Crippen LogP contribution in [0, 0.1) is 0 Å². The number of amides is 4. The monoisotopic (exact) mass is 655 g/mol. The average molecular weight is 656 g/mol. The zero-order chi connectivity index (χ0) is 34.2. The number of unbranched alkanes of at least 4 members (excludes halogenated alkanes) is 6. The van der Waals surface area contributed by atoms with Gasteiger partial charge in [0.25, 0.3) is 23.6 Å². The van der Waals surface area contributed by atoms with Gasteiger partial charge in [0.1, 0.15) is 0 Å². The van der Waals surface area contributed by atoms with E-state index in [1.807, 2.05) is 36.4 Å². The van der Waals surface area contributed by atoms with Gasteiger partial charge in [-0.25, -0.2) is 0 Å². The van der Waals surface area contributed by atoms with Crippen molar-refractivity contribution in [3.63, 3.8) is 0 Å². The number of azide groups is 1. The summed E-state index contributed by atoms with van der Waals surface area (Å²) in [7, 11) is 0. The van der Waals surface area contributed by atoms with E-state index in [9.17, 15) is 19.2 Å². The summed E-state index contributed by atoms with van der Waals surface area (Å²) in [6, 6.07) is 14.9. The minimum Gasteiger partial charge on any atom is -0.274 e. The van der Waals surface area contributed by atoms with Gasteiger partial charge in [-0.2, -0.15) is 0 Å². The second kappa shape index (κ2) is 13.5. The molecule has 0 radical (unpaired) electrons. The van der Waals surface area contributed by atoms with Gasteiger partial charge in [-0.05, 0) is 81.4 Å². The molecule has 7 rings (SSSR count). The average Bonchev–Trinajstić information content (AvgIpc) is 3.11. The van der Waals surface area contributed by atoms with Crippen molar-refractivity contribution >= 4 is 66.7 Å². The summed E-state index contributed by atoms with van der Waals surface area (Å²) in [4.78, 5) is 61.6. The first-order valence-corrected chi connectivity index (χ1v) is 17.9. The number of carbonyl (C=O) groups excluding carboxylic acids is 4. The molecule has 0 spiro atoms. The third-order valence-corrected chi connectivity index (χ3v) is 10.6. The summed E-state index contributed by atoms with van der Waals surface area (Å²) in [5.74, 6) is -1.17. The highest BCUT2D eigenvalue weighted by Gasteiger charge is 2.39. The normalized spacial score (nSPS) is 14.4. The minimum absolute atomic E-state index is 0.130. The molecule has 5 aromatic rings. The fourth-order valence-corrected chi connectivity index (χ4v) is 8.23. The number of rotatable bonds is 15. The Kier molecular flexibility index (Phi) is 8.95. The Morgan fingerprint density at radius 3 is 1.41 bits per heavy atom. The van der Waals surface area contributed by atoms with Crippen LogP contribution in [-0.2, 0) is 0 Å². The first-order valence-electron chi connectivity index (χ1n) is 17.9. The predicted molar refractivity (Wildman–Crippen MR) is 193 cm³/mol. The Hall–Kier alpha value is -5.01. The highest BCUT2D eigenvalue weighted by molar-refractivity contribution is 6.41. The van der Waals surface area contributed by atoms with Crippen LogP contribution in [0.5, 0.6) is 0 Å². The van der Waals surface area contributed by atoms with Crippen LogP contribution in [0.3, 0.4) is 0 Å². The van der Waals surface area contributed by atoms with Crippen LogP contribution in [-0.4, -0.2) is 52.6 Å². The Balaban J connectivity index is 1.34. The molecule has 2 aliphatic heterocycles. The molecule has 0 atom stereocenters. The Labute approximate surface area is 285 Å². The van der Waals surface area contributed by atoms with Gasteiger partial charge in [-0.15, -0.1) is 0 Å². The molecule has 250 valence electrons. The Bertz CT molecular complexity index is 2070. The summed E-state index contributed by atoms with van der Waals surface area (Å²) in [5, 5.41) is 10.1. The molecule has 0 aliphatic carbocycles. The molecule has 9 heteroatoms. The van der Waals surface area contributed by atoms with Gasteiger partial charge in [0, 0.05) is 57.1 Å². The van der Waals surface area contributed by atoms with Crippen LogP contribution in [0.15, 0.2) is 53.6 Å². The maximum absolute atomic E-state index is 14.4. The van der Waals surface area contributed by atoms with Crippen LogP contribution in [0.2, 0.25) is 0 Å². The number of imide groups is 2. The zero-order valence-electron chi connectivity index (χ0n) is 28.3. The van der Waals surface area contributed by atoms with Crippen molar-refractivity contribution in [2.75, 3.05) is 13.1 Å². The Morgan fingerprint density at radius 1 is 0.571 bits per heavy atom. The van der Waals surface area contributed by atoms with Crippen molar-refractivity contribution < 1.29 is 19.2 Å². The lowest BCUT2D eigenvalue weighted by Crippen LogP contribution is -2.47. The summed E-state index contributed by atoms with van der Waals surface area (Å²) in [5.41, 5.74) is 10.6. The van der Waals surface area contributed by atoms with Crippen LogP contribution < -0.4 is 0 Å². The molecule has 9 nitrogen and oxygen atoms in total. The lowest BCUT2D eigenvalue weighted by atomic mass is 9.82. The van der Waals surface area contributed by atoms with Gasteiger partial charge >= 0.3 is 0 Å². The topological polar surface area (TPSA) is 124 Å². The largest absolute Gasteiger partial charge is 0.274 e. The SMILES string of the molecule is CCCCCCC(CCCCCC)N1C(=O)c2ccc3c4ccc5c6c(ccc(c7ccc(c2c37)C1=O)c64)C(=O)N(CCCN=[N+]=[N-])C5=O. The van der Waals surface area contributed by atoms with E-state index in [4.69, 9.17) is 5.53 Å². The second-order valence-corrected chi connectivity index (χ2v) is 13.5. The quantitative estimate of drug-likeness (QED) is 0.0212. The first-order chi connectivity index (χ1) is 23.9. The maximum Gasteiger partial charge on any atom is 0.261 e. The van der Waals surface area contributed by atoms with Gasteiger partial charge in [0.15, 0.2) is 0 Å². The number of hydrogen-bond donors (Lipinski definition) is 0. The molecule has 2 heterocycles. The van der Waals surface area contributed by atoms with E-state index < -0.39 is 0 Å². The van der Waals surface area contributed by atoms with E-state index in [1.54, 1.807) is 17.0 Å². The van der Waals surface area contributed by atoms with Crippen molar-refractivity contribution in [3.05, 3.63) is 81.2 Å². The molecule has 4 amide bonds. The molecule has 0 fully saturated rings. The number of hydrogen-bond acceptors (Lipinski definition) is 5. The van der Waals surface area contributed by atoms with Crippen molar-refractivity contribution in [3.8, 4) is 0 Å². The number of carbonyl (C=O) groups is 4. The van der Waals surface area contributed by atoms with Crippen molar-refractivity contribution in [1.82, 2.24) is 9.80 Å². The molecule has 2 aliphatic rings. The predicted octanol–water partition coefficient (Wildman–Crippen LogP) is 9.94. The molecule has 0 saturated heterocycles. The molecular weight excluding hydrogens is 614 g/mol. The van der Waals surface area contributed by atoms with Gasteiger partial charge in [-0.3, -0.25) is 29.0 Å². The van der Waals surface area contributed by atoms with E-state index in [1.165, 1.54) is 4.90 Å². The molecule has 5 aromatic carbocycles. The van der Waals surface area contributed by atoms with E-state index in [2.05, 4.69) is 23.9 Å². The molecule has 0 bridgehead atoms. The van der Waals surface area contributed by atoms with Crippen molar-refractivity contribution in [2.45, 2.75) is 90.5 Å². The standard InChI is InChI=1S/C40H41N5O4/c1-3-5-7-9-12-24(13-10-8-6-4-2)45-39(48)31-20-16-27-25-14-18-29-35-30(38(47)44(37(29)46)23-11-22-42-43-41)19-15-26(33(25)35)28-17-21-32(40(45)49)36(31)34(27)28/h14-21,24H,3-13,22-23H2,1-2H3. The molecular formula is C40H41N5O4. The number of fused-ring (bicyclic) bond motifs is 2. The summed E-state index contributed by atoms with van der Waals surface area (Å²) in [6.45, 7) is 4.73. The highest BCUT2D eigenvalue weighted by Crippen LogP contribution is 2.46. The number of nitrogens with zero attached hydrogens (tertiary/aromatic N) is 5. The molecule has 0 N–H and O–H groups in total. The van der Waals surface area contributed by atoms with Crippen LogP contribution in [0.25, 0.3) is 53.5 Å². The molecule has 0 unspecified atom stereocenters. The summed E-state index contributed by atoms with van der Waals surface area (Å²) in [6.07, 6.45) is 10.8. The van der Waals surface area contributed by atoms with Crippen molar-refractivity contribution in [2.24, 2.45) is 5.11 Å². The fraction of sp³-hybridized carbons (Fsp3) is 0.400. The number of benzene rings is 5. The first kappa shape index (κ1) is 32.5. The van der Waals surface area contributed by atoms with Gasteiger partial charge < -0.3 is 0 Å². The smallest absolute Gasteiger partial charge is 0.261 e. The van der Waals surface area contributed by atoms with Crippen LogP contribution in [0.4, 0.5) is 0 Å². The fourth-order valence-electron chi connectivity index (χ4n) is 8.23. The summed E-state index contributed by atoms with van der Waals surface area (Å²) >= 11 is 0. The van der Waals surface area contributed by atoms with E-state index >= 15 is 0 Å². The Morgan fingerprint density at radius 2 is 1.00 bits per heavy atom. The van der Waals surface area contributed by atoms with Gasteiger partial charge in [-0.1, -0.05) is 94.6 Å². The zero-order valence-corrected chi connectivity index (χ0v) is 28.3. The molecule has 49 heavy (non-hydrogen) atoms. The van der Waals surface area contributed by atoms with E-state index in [0.29, 0.717) is 39.4 Å².